The monoisotopic (exact) mass is 210 g/mol. The lowest BCUT2D eigenvalue weighted by atomic mass is 10.1. The molecule has 0 aromatic rings. The lowest BCUT2D eigenvalue weighted by Gasteiger charge is -2.19. The average Bonchev–Trinajstić information content (AvgIpc) is 1.91. The highest BCUT2D eigenvalue weighted by atomic mass is 79.9. The van der Waals surface area contributed by atoms with E-state index in [-0.39, 0.29) is 6.29 Å². The minimum atomic E-state index is -0.0578. The minimum absolute atomic E-state index is 0.0578. The molecular formula is C7H15BrO2. The second kappa shape index (κ2) is 6.13. The van der Waals surface area contributed by atoms with Crippen molar-refractivity contribution in [2.75, 3.05) is 19.5 Å². The summed E-state index contributed by atoms with van der Waals surface area (Å²) in [6, 6.07) is 0. The van der Waals surface area contributed by atoms with Crippen LogP contribution >= 0.6 is 15.9 Å². The molecule has 10 heavy (non-hydrogen) atoms. The lowest BCUT2D eigenvalue weighted by molar-refractivity contribution is -0.133. The Kier molecular flexibility index (Phi) is 6.38. The maximum absolute atomic E-state index is 5.07. The summed E-state index contributed by atoms with van der Waals surface area (Å²) in [6.07, 6.45) is 1.02. The maximum atomic E-state index is 5.07. The molecule has 1 atom stereocenters. The number of hydrogen-bond donors (Lipinski definition) is 0. The van der Waals surface area contributed by atoms with E-state index in [1.54, 1.807) is 14.2 Å². The van der Waals surface area contributed by atoms with Gasteiger partial charge in [0.1, 0.15) is 0 Å². The molecule has 62 valence electrons. The highest BCUT2D eigenvalue weighted by molar-refractivity contribution is 9.09. The Labute approximate surface area is 71.0 Å². The number of hydrogen-bond acceptors (Lipinski definition) is 2. The van der Waals surface area contributed by atoms with Crippen LogP contribution in [0.2, 0.25) is 0 Å². The van der Waals surface area contributed by atoms with Crippen LogP contribution in [-0.2, 0) is 9.47 Å². The average molecular weight is 211 g/mol. The molecule has 0 fully saturated rings. The molecule has 0 aliphatic rings. The third-order valence-electron chi connectivity index (χ3n) is 1.49. The van der Waals surface area contributed by atoms with Crippen molar-refractivity contribution in [1.29, 1.82) is 0 Å². The predicted molar refractivity (Wildman–Crippen MR) is 45.4 cm³/mol. The van der Waals surface area contributed by atoms with Crippen molar-refractivity contribution < 1.29 is 9.47 Å². The topological polar surface area (TPSA) is 18.5 Å². The van der Waals surface area contributed by atoms with Crippen molar-refractivity contribution >= 4 is 15.9 Å². The number of methoxy groups -OCH3 is 2. The molecule has 0 radical (unpaired) electrons. The SMILES string of the molecule is COC(OC)[C@@H](C)CCBr. The number of rotatable bonds is 5. The third-order valence-corrected chi connectivity index (χ3v) is 1.95. The normalized spacial score (nSPS) is 14.1. The molecule has 0 aliphatic heterocycles. The van der Waals surface area contributed by atoms with Crippen molar-refractivity contribution in [3.63, 3.8) is 0 Å². The molecule has 0 heterocycles. The summed E-state index contributed by atoms with van der Waals surface area (Å²) in [5, 5.41) is 0.997. The minimum Gasteiger partial charge on any atom is -0.356 e. The lowest BCUT2D eigenvalue weighted by Crippen LogP contribution is -2.22. The zero-order valence-electron chi connectivity index (χ0n) is 6.76. The second-order valence-corrected chi connectivity index (χ2v) is 3.09. The van der Waals surface area contributed by atoms with E-state index in [0.717, 1.165) is 11.8 Å². The Morgan fingerprint density at radius 3 is 2.10 bits per heavy atom. The Morgan fingerprint density at radius 2 is 1.80 bits per heavy atom. The van der Waals surface area contributed by atoms with Crippen LogP contribution in [-0.4, -0.2) is 25.8 Å². The standard InChI is InChI=1S/C7H15BrO2/c1-6(4-5-8)7(9-2)10-3/h6-7H,4-5H2,1-3H3/t6-/m0/s1. The van der Waals surface area contributed by atoms with Gasteiger partial charge in [-0.25, -0.2) is 0 Å². The fraction of sp³-hybridized carbons (Fsp3) is 1.00. The van der Waals surface area contributed by atoms with Crippen LogP contribution in [0.25, 0.3) is 0 Å². The molecule has 0 amide bonds. The molecule has 0 saturated carbocycles. The van der Waals surface area contributed by atoms with E-state index in [9.17, 15) is 0 Å². The van der Waals surface area contributed by atoms with Crippen LogP contribution in [0, 0.1) is 5.92 Å². The highest BCUT2D eigenvalue weighted by Crippen LogP contribution is 2.12. The summed E-state index contributed by atoms with van der Waals surface area (Å²) >= 11 is 3.37. The first-order valence-electron chi connectivity index (χ1n) is 3.37. The van der Waals surface area contributed by atoms with Crippen LogP contribution < -0.4 is 0 Å². The first kappa shape index (κ1) is 10.4. The van der Waals surface area contributed by atoms with E-state index in [2.05, 4.69) is 22.9 Å². The first-order valence-corrected chi connectivity index (χ1v) is 4.50. The zero-order valence-corrected chi connectivity index (χ0v) is 8.35. The summed E-state index contributed by atoms with van der Waals surface area (Å²) in [4.78, 5) is 0. The summed E-state index contributed by atoms with van der Waals surface area (Å²) in [5.74, 6) is 0.453. The van der Waals surface area contributed by atoms with Crippen molar-refractivity contribution in [2.45, 2.75) is 19.6 Å². The van der Waals surface area contributed by atoms with Gasteiger partial charge in [-0.15, -0.1) is 0 Å². The molecule has 0 saturated heterocycles. The van der Waals surface area contributed by atoms with Gasteiger partial charge < -0.3 is 9.47 Å². The van der Waals surface area contributed by atoms with Gasteiger partial charge in [0.2, 0.25) is 0 Å². The van der Waals surface area contributed by atoms with Gasteiger partial charge in [-0.2, -0.15) is 0 Å². The fourth-order valence-corrected chi connectivity index (χ4v) is 1.59. The Morgan fingerprint density at radius 1 is 1.30 bits per heavy atom. The van der Waals surface area contributed by atoms with Crippen molar-refractivity contribution in [3.05, 3.63) is 0 Å². The van der Waals surface area contributed by atoms with E-state index < -0.39 is 0 Å². The molecule has 3 heteroatoms. The zero-order chi connectivity index (χ0) is 7.98. The van der Waals surface area contributed by atoms with E-state index in [1.165, 1.54) is 0 Å². The van der Waals surface area contributed by atoms with Gasteiger partial charge in [0.25, 0.3) is 0 Å². The number of halogens is 1. The molecule has 2 nitrogen and oxygen atoms in total. The van der Waals surface area contributed by atoms with E-state index in [4.69, 9.17) is 9.47 Å². The molecule has 0 spiro atoms. The molecule has 0 bridgehead atoms. The van der Waals surface area contributed by atoms with E-state index in [0.29, 0.717) is 5.92 Å². The first-order chi connectivity index (χ1) is 4.76. The fourth-order valence-electron chi connectivity index (χ4n) is 0.869. The molecule has 0 N–H and O–H groups in total. The molecule has 0 aromatic carbocycles. The van der Waals surface area contributed by atoms with Gasteiger partial charge in [-0.05, 0) is 6.42 Å². The van der Waals surface area contributed by atoms with Crippen LogP contribution in [0.3, 0.4) is 0 Å². The summed E-state index contributed by atoms with van der Waals surface area (Å²) in [7, 11) is 3.33. The number of alkyl halides is 1. The van der Waals surface area contributed by atoms with Gasteiger partial charge in [-0.1, -0.05) is 22.9 Å². The molecule has 0 rings (SSSR count). The molecule has 0 aromatic heterocycles. The van der Waals surface area contributed by atoms with Crippen LogP contribution in [0.5, 0.6) is 0 Å². The maximum Gasteiger partial charge on any atom is 0.159 e. The Hall–Kier alpha value is 0.400. The van der Waals surface area contributed by atoms with Gasteiger partial charge in [0, 0.05) is 25.5 Å². The summed E-state index contributed by atoms with van der Waals surface area (Å²) < 4.78 is 10.1. The van der Waals surface area contributed by atoms with Gasteiger partial charge in [-0.3, -0.25) is 0 Å². The smallest absolute Gasteiger partial charge is 0.159 e. The van der Waals surface area contributed by atoms with Crippen LogP contribution in [0.15, 0.2) is 0 Å². The highest BCUT2D eigenvalue weighted by Gasteiger charge is 2.13. The van der Waals surface area contributed by atoms with Crippen molar-refractivity contribution in [3.8, 4) is 0 Å². The Bertz CT molecular complexity index is 74.0. The largest absolute Gasteiger partial charge is 0.356 e. The van der Waals surface area contributed by atoms with Crippen molar-refractivity contribution in [2.24, 2.45) is 5.92 Å². The van der Waals surface area contributed by atoms with Gasteiger partial charge in [0.15, 0.2) is 6.29 Å². The third kappa shape index (κ3) is 3.54. The summed E-state index contributed by atoms with van der Waals surface area (Å²) in [5.41, 5.74) is 0. The molecule has 0 unspecified atom stereocenters. The van der Waals surface area contributed by atoms with Crippen LogP contribution in [0.1, 0.15) is 13.3 Å². The van der Waals surface area contributed by atoms with E-state index >= 15 is 0 Å². The van der Waals surface area contributed by atoms with Crippen molar-refractivity contribution in [1.82, 2.24) is 0 Å². The Balaban J connectivity index is 3.53. The number of ether oxygens (including phenoxy) is 2. The second-order valence-electron chi connectivity index (χ2n) is 2.29. The van der Waals surface area contributed by atoms with E-state index in [1.807, 2.05) is 0 Å². The van der Waals surface area contributed by atoms with Crippen LogP contribution in [0.4, 0.5) is 0 Å². The predicted octanol–water partition coefficient (Wildman–Crippen LogP) is 2.03. The van der Waals surface area contributed by atoms with Gasteiger partial charge >= 0.3 is 0 Å². The molecular weight excluding hydrogens is 196 g/mol. The quantitative estimate of drug-likeness (QED) is 0.511. The van der Waals surface area contributed by atoms with Gasteiger partial charge in [0.05, 0.1) is 0 Å². The summed E-state index contributed by atoms with van der Waals surface area (Å²) in [6.45, 7) is 2.11. The molecule has 0 aliphatic carbocycles.